The molecule has 0 amide bonds. The molecule has 0 spiro atoms. The van der Waals surface area contributed by atoms with Crippen molar-refractivity contribution in [2.75, 3.05) is 4.72 Å². The van der Waals surface area contributed by atoms with E-state index in [1.807, 2.05) is 0 Å². The average Bonchev–Trinajstić information content (AvgIpc) is 2.38. The molecule has 2 N–H and O–H groups in total. The average molecular weight is 327 g/mol. The van der Waals surface area contributed by atoms with Crippen LogP contribution in [0.2, 0.25) is 5.02 Å². The van der Waals surface area contributed by atoms with Crippen LogP contribution in [-0.4, -0.2) is 24.5 Å². The van der Waals surface area contributed by atoms with Crippen LogP contribution >= 0.6 is 11.6 Å². The molecule has 2 aromatic rings. The van der Waals surface area contributed by atoms with Crippen molar-refractivity contribution in [2.45, 2.75) is 11.3 Å². The Morgan fingerprint density at radius 1 is 1.24 bits per heavy atom. The van der Waals surface area contributed by atoms with Gasteiger partial charge in [-0.2, -0.15) is 0 Å². The Morgan fingerprint density at radius 3 is 2.48 bits per heavy atom. The van der Waals surface area contributed by atoms with Crippen molar-refractivity contribution < 1.29 is 18.3 Å². The standard InChI is InChI=1S/C13H11ClN2O4S/c14-10-5-6-15-12(8-10)16-21(19,20)11-3-1-9(2-4-11)7-13(17)18/h1-6,8H,7H2,(H,15,16)(H,17,18). The van der Waals surface area contributed by atoms with Crippen LogP contribution in [0.1, 0.15) is 5.56 Å². The van der Waals surface area contributed by atoms with Gasteiger partial charge in [0.15, 0.2) is 0 Å². The molecule has 0 aliphatic carbocycles. The number of aliphatic carboxylic acids is 1. The van der Waals surface area contributed by atoms with Gasteiger partial charge in [0.25, 0.3) is 10.0 Å². The van der Waals surface area contributed by atoms with Crippen molar-refractivity contribution in [1.82, 2.24) is 4.98 Å². The fourth-order valence-electron chi connectivity index (χ4n) is 1.62. The summed E-state index contributed by atoms with van der Waals surface area (Å²) in [6.45, 7) is 0. The molecule has 0 fully saturated rings. The molecular formula is C13H11ClN2O4S. The second-order valence-corrected chi connectivity index (χ2v) is 6.30. The third-order valence-electron chi connectivity index (χ3n) is 2.55. The number of nitrogens with one attached hydrogen (secondary N) is 1. The molecule has 6 nitrogen and oxygen atoms in total. The van der Waals surface area contributed by atoms with Gasteiger partial charge in [-0.3, -0.25) is 9.52 Å². The quantitative estimate of drug-likeness (QED) is 0.877. The van der Waals surface area contributed by atoms with E-state index >= 15 is 0 Å². The minimum Gasteiger partial charge on any atom is -0.481 e. The van der Waals surface area contributed by atoms with E-state index in [4.69, 9.17) is 16.7 Å². The number of pyridine rings is 1. The molecule has 21 heavy (non-hydrogen) atoms. The van der Waals surface area contributed by atoms with Crippen LogP contribution in [0.25, 0.3) is 0 Å². The molecule has 1 aromatic heterocycles. The van der Waals surface area contributed by atoms with E-state index in [0.29, 0.717) is 10.6 Å². The number of carboxylic acids is 1. The van der Waals surface area contributed by atoms with E-state index in [-0.39, 0.29) is 17.1 Å². The molecule has 0 saturated carbocycles. The Balaban J connectivity index is 2.21. The number of aromatic nitrogens is 1. The van der Waals surface area contributed by atoms with Crippen LogP contribution in [0.4, 0.5) is 5.82 Å². The lowest BCUT2D eigenvalue weighted by Crippen LogP contribution is -2.14. The molecule has 1 aromatic carbocycles. The maximum absolute atomic E-state index is 12.1. The fourth-order valence-corrected chi connectivity index (χ4v) is 2.78. The summed E-state index contributed by atoms with van der Waals surface area (Å²) in [6.07, 6.45) is 1.22. The maximum Gasteiger partial charge on any atom is 0.307 e. The smallest absolute Gasteiger partial charge is 0.307 e. The predicted octanol–water partition coefficient (Wildman–Crippen LogP) is 2.16. The highest BCUT2D eigenvalue weighted by molar-refractivity contribution is 7.92. The molecule has 2 rings (SSSR count). The van der Waals surface area contributed by atoms with Gasteiger partial charge in [0.1, 0.15) is 5.82 Å². The van der Waals surface area contributed by atoms with Crippen molar-refractivity contribution in [2.24, 2.45) is 0 Å². The van der Waals surface area contributed by atoms with Gasteiger partial charge >= 0.3 is 5.97 Å². The summed E-state index contributed by atoms with van der Waals surface area (Å²) >= 11 is 5.76. The molecule has 1 heterocycles. The summed E-state index contributed by atoms with van der Waals surface area (Å²) in [5.74, 6) is -0.871. The van der Waals surface area contributed by atoms with Crippen molar-refractivity contribution in [3.8, 4) is 0 Å². The first-order chi connectivity index (χ1) is 9.87. The van der Waals surface area contributed by atoms with E-state index in [1.54, 1.807) is 0 Å². The van der Waals surface area contributed by atoms with E-state index in [0.717, 1.165) is 0 Å². The third-order valence-corrected chi connectivity index (χ3v) is 4.16. The van der Waals surface area contributed by atoms with E-state index in [2.05, 4.69) is 9.71 Å². The first-order valence-electron chi connectivity index (χ1n) is 5.82. The number of benzene rings is 1. The van der Waals surface area contributed by atoms with Gasteiger partial charge in [-0.05, 0) is 23.8 Å². The predicted molar refractivity (Wildman–Crippen MR) is 77.8 cm³/mol. The second kappa shape index (κ2) is 6.11. The Morgan fingerprint density at radius 2 is 1.90 bits per heavy atom. The number of anilines is 1. The minimum atomic E-state index is -3.79. The Hall–Kier alpha value is -2.12. The molecule has 0 aliphatic heterocycles. The van der Waals surface area contributed by atoms with Gasteiger partial charge in [0.05, 0.1) is 11.3 Å². The van der Waals surface area contributed by atoms with E-state index in [9.17, 15) is 13.2 Å². The van der Waals surface area contributed by atoms with Crippen molar-refractivity contribution in [3.05, 3.63) is 53.2 Å². The van der Waals surface area contributed by atoms with Crippen molar-refractivity contribution >= 4 is 33.4 Å². The molecule has 0 saturated heterocycles. The first-order valence-corrected chi connectivity index (χ1v) is 7.68. The lowest BCUT2D eigenvalue weighted by molar-refractivity contribution is -0.136. The zero-order valence-electron chi connectivity index (χ0n) is 10.7. The number of halogens is 1. The van der Waals surface area contributed by atoms with Crippen LogP contribution in [0, 0.1) is 0 Å². The molecule has 0 atom stereocenters. The number of hydrogen-bond acceptors (Lipinski definition) is 4. The van der Waals surface area contributed by atoms with Gasteiger partial charge in [-0.25, -0.2) is 13.4 Å². The molecule has 110 valence electrons. The highest BCUT2D eigenvalue weighted by atomic mass is 35.5. The molecule has 0 aliphatic rings. The summed E-state index contributed by atoms with van der Waals surface area (Å²) in [7, 11) is -3.79. The number of carbonyl (C=O) groups is 1. The lowest BCUT2D eigenvalue weighted by atomic mass is 10.2. The normalized spacial score (nSPS) is 11.1. The lowest BCUT2D eigenvalue weighted by Gasteiger charge is -2.08. The number of hydrogen-bond donors (Lipinski definition) is 2. The Bertz CT molecular complexity index is 760. The highest BCUT2D eigenvalue weighted by Crippen LogP contribution is 2.17. The highest BCUT2D eigenvalue weighted by Gasteiger charge is 2.15. The van der Waals surface area contributed by atoms with Crippen LogP contribution in [-0.2, 0) is 21.2 Å². The van der Waals surface area contributed by atoms with Crippen molar-refractivity contribution in [3.63, 3.8) is 0 Å². The molecular weight excluding hydrogens is 316 g/mol. The Kier molecular flexibility index (Phi) is 4.44. The second-order valence-electron chi connectivity index (χ2n) is 4.18. The van der Waals surface area contributed by atoms with E-state index in [1.165, 1.54) is 42.6 Å². The molecule has 0 radical (unpaired) electrons. The van der Waals surface area contributed by atoms with Gasteiger partial charge in [-0.1, -0.05) is 23.7 Å². The van der Waals surface area contributed by atoms with Crippen LogP contribution in [0.15, 0.2) is 47.5 Å². The summed E-state index contributed by atoms with van der Waals surface area (Å²) in [5.41, 5.74) is 0.516. The third kappa shape index (κ3) is 4.17. The largest absolute Gasteiger partial charge is 0.481 e. The van der Waals surface area contributed by atoms with Gasteiger partial charge in [-0.15, -0.1) is 0 Å². The number of carboxylic acid groups (broad SMARTS) is 1. The number of nitrogens with zero attached hydrogens (tertiary/aromatic N) is 1. The first kappa shape index (κ1) is 15.3. The number of sulfonamides is 1. The topological polar surface area (TPSA) is 96.4 Å². The number of rotatable bonds is 5. The summed E-state index contributed by atoms with van der Waals surface area (Å²) in [4.78, 5) is 14.4. The summed E-state index contributed by atoms with van der Waals surface area (Å²) < 4.78 is 26.6. The van der Waals surface area contributed by atoms with Gasteiger partial charge < -0.3 is 5.11 Å². The Labute approximate surface area is 126 Å². The SMILES string of the molecule is O=C(O)Cc1ccc(S(=O)(=O)Nc2cc(Cl)ccn2)cc1. The van der Waals surface area contributed by atoms with Crippen molar-refractivity contribution in [1.29, 1.82) is 0 Å². The monoisotopic (exact) mass is 326 g/mol. The van der Waals surface area contributed by atoms with Gasteiger partial charge in [0.2, 0.25) is 0 Å². The molecule has 0 bridgehead atoms. The summed E-state index contributed by atoms with van der Waals surface area (Å²) in [6, 6.07) is 8.50. The maximum atomic E-state index is 12.1. The zero-order valence-corrected chi connectivity index (χ0v) is 12.2. The zero-order chi connectivity index (χ0) is 15.5. The molecule has 8 heteroatoms. The summed E-state index contributed by atoms with van der Waals surface area (Å²) in [5, 5.41) is 9.03. The van der Waals surface area contributed by atoms with Gasteiger partial charge in [0, 0.05) is 17.3 Å². The van der Waals surface area contributed by atoms with E-state index < -0.39 is 16.0 Å². The molecule has 0 unspecified atom stereocenters. The van der Waals surface area contributed by atoms with Crippen LogP contribution < -0.4 is 4.72 Å². The van der Waals surface area contributed by atoms with Crippen LogP contribution in [0.3, 0.4) is 0 Å². The van der Waals surface area contributed by atoms with Crippen LogP contribution in [0.5, 0.6) is 0 Å². The minimum absolute atomic E-state index is 0.0124. The fraction of sp³-hybridized carbons (Fsp3) is 0.0769.